The molecule has 0 heterocycles. The highest BCUT2D eigenvalue weighted by Crippen LogP contribution is 2.21. The van der Waals surface area contributed by atoms with Crippen LogP contribution in [-0.4, -0.2) is 5.91 Å². The first-order valence-electron chi connectivity index (χ1n) is 5.97. The Bertz CT molecular complexity index is 614. The fraction of sp³-hybridized carbons (Fsp3) is 0.133. The Balaban J connectivity index is 2.00. The van der Waals surface area contributed by atoms with Gasteiger partial charge in [-0.25, -0.2) is 0 Å². The molecular weight excluding hydrogens is 405 g/mol. The molecule has 5 heteroatoms. The largest absolute Gasteiger partial charge is 0.348 e. The highest BCUT2D eigenvalue weighted by molar-refractivity contribution is 9.10. The van der Waals surface area contributed by atoms with Crippen molar-refractivity contribution >= 4 is 49.4 Å². The molecule has 0 fully saturated rings. The van der Waals surface area contributed by atoms with Gasteiger partial charge < -0.3 is 5.32 Å². The van der Waals surface area contributed by atoms with Crippen molar-refractivity contribution in [1.29, 1.82) is 0 Å². The number of rotatable bonds is 4. The monoisotopic (exact) mass is 415 g/mol. The van der Waals surface area contributed by atoms with Gasteiger partial charge in [0.05, 0.1) is 5.56 Å². The summed E-state index contributed by atoms with van der Waals surface area (Å²) in [6.45, 7) is 0.496. The van der Waals surface area contributed by atoms with Crippen LogP contribution in [0.1, 0.15) is 21.5 Å². The number of carbonyl (C=O) groups excluding carboxylic acids is 1. The molecule has 0 aromatic heterocycles. The van der Waals surface area contributed by atoms with Crippen molar-refractivity contribution < 1.29 is 4.79 Å². The summed E-state index contributed by atoms with van der Waals surface area (Å²) in [6.07, 6.45) is 0. The minimum atomic E-state index is -0.127. The molecule has 0 aliphatic rings. The summed E-state index contributed by atoms with van der Waals surface area (Å²) < 4.78 is 0.692. The van der Waals surface area contributed by atoms with Gasteiger partial charge in [0, 0.05) is 21.4 Å². The van der Waals surface area contributed by atoms with Crippen molar-refractivity contribution in [2.24, 2.45) is 0 Å². The second kappa shape index (κ2) is 7.25. The summed E-state index contributed by atoms with van der Waals surface area (Å²) in [4.78, 5) is 12.1. The molecular formula is C15H12Br2ClNO. The van der Waals surface area contributed by atoms with E-state index in [1.54, 1.807) is 18.2 Å². The van der Waals surface area contributed by atoms with E-state index >= 15 is 0 Å². The average molecular weight is 418 g/mol. The van der Waals surface area contributed by atoms with Crippen LogP contribution in [0.25, 0.3) is 0 Å². The summed E-state index contributed by atoms with van der Waals surface area (Å²) >= 11 is 12.6. The van der Waals surface area contributed by atoms with Crippen molar-refractivity contribution in [2.45, 2.75) is 11.9 Å². The van der Waals surface area contributed by atoms with Crippen LogP contribution in [0, 0.1) is 0 Å². The molecule has 1 N–H and O–H groups in total. The third-order valence-electron chi connectivity index (χ3n) is 2.81. The fourth-order valence-electron chi connectivity index (χ4n) is 1.70. The lowest BCUT2D eigenvalue weighted by Gasteiger charge is -2.08. The molecule has 0 radical (unpaired) electrons. The van der Waals surface area contributed by atoms with Crippen LogP contribution >= 0.6 is 43.5 Å². The highest BCUT2D eigenvalue weighted by Gasteiger charge is 2.09. The highest BCUT2D eigenvalue weighted by atomic mass is 79.9. The normalized spacial score (nSPS) is 10.3. The first-order chi connectivity index (χ1) is 9.60. The molecule has 0 saturated carbocycles. The maximum absolute atomic E-state index is 12.1. The van der Waals surface area contributed by atoms with E-state index in [9.17, 15) is 4.79 Å². The Hall–Kier alpha value is -0.840. The van der Waals surface area contributed by atoms with Crippen LogP contribution < -0.4 is 5.32 Å². The zero-order chi connectivity index (χ0) is 14.5. The summed E-state index contributed by atoms with van der Waals surface area (Å²) in [5.41, 5.74) is 2.85. The minimum absolute atomic E-state index is 0.127. The number of halogens is 3. The number of carbonyl (C=O) groups is 1. The Morgan fingerprint density at radius 2 is 1.75 bits per heavy atom. The van der Waals surface area contributed by atoms with Crippen molar-refractivity contribution in [3.63, 3.8) is 0 Å². The van der Waals surface area contributed by atoms with Gasteiger partial charge in [-0.05, 0) is 45.3 Å². The summed E-state index contributed by atoms with van der Waals surface area (Å²) in [7, 11) is 0. The lowest BCUT2D eigenvalue weighted by Crippen LogP contribution is -2.23. The molecule has 0 spiro atoms. The topological polar surface area (TPSA) is 29.1 Å². The number of hydrogen-bond acceptors (Lipinski definition) is 1. The van der Waals surface area contributed by atoms with E-state index in [0.29, 0.717) is 21.6 Å². The molecule has 0 atom stereocenters. The molecule has 0 aliphatic carbocycles. The molecule has 0 aliphatic heterocycles. The minimum Gasteiger partial charge on any atom is -0.348 e. The van der Waals surface area contributed by atoms with Gasteiger partial charge in [0.25, 0.3) is 5.91 Å². The Kier molecular flexibility index (Phi) is 5.64. The number of nitrogens with one attached hydrogen (secondary N) is 1. The molecule has 2 aromatic carbocycles. The van der Waals surface area contributed by atoms with Crippen LogP contribution in [-0.2, 0) is 11.9 Å². The molecule has 104 valence electrons. The van der Waals surface area contributed by atoms with Gasteiger partial charge in [0.15, 0.2) is 0 Å². The number of benzene rings is 2. The number of alkyl halides is 1. The summed E-state index contributed by atoms with van der Waals surface area (Å²) in [6, 6.07) is 13.2. The van der Waals surface area contributed by atoms with Crippen molar-refractivity contribution in [2.75, 3.05) is 0 Å². The first-order valence-corrected chi connectivity index (χ1v) is 8.26. The average Bonchev–Trinajstić information content (AvgIpc) is 2.45. The zero-order valence-corrected chi connectivity index (χ0v) is 14.4. The maximum atomic E-state index is 12.1. The second-order valence-corrected chi connectivity index (χ2v) is 6.11. The van der Waals surface area contributed by atoms with Crippen LogP contribution in [0.4, 0.5) is 0 Å². The van der Waals surface area contributed by atoms with Crippen molar-refractivity contribution in [3.8, 4) is 0 Å². The van der Waals surface area contributed by atoms with Gasteiger partial charge in [0.1, 0.15) is 0 Å². The third-order valence-corrected chi connectivity index (χ3v) is 4.34. The summed E-state index contributed by atoms with van der Waals surface area (Å²) in [5.74, 6) is -0.127. The van der Waals surface area contributed by atoms with Crippen molar-refractivity contribution in [3.05, 3.63) is 68.7 Å². The van der Waals surface area contributed by atoms with Gasteiger partial charge >= 0.3 is 0 Å². The third kappa shape index (κ3) is 4.08. The van der Waals surface area contributed by atoms with E-state index < -0.39 is 0 Å². The first kappa shape index (κ1) is 15.5. The van der Waals surface area contributed by atoms with Crippen LogP contribution in [0.5, 0.6) is 0 Å². The second-order valence-electron chi connectivity index (χ2n) is 4.26. The molecule has 2 nitrogen and oxygen atoms in total. The smallest absolute Gasteiger partial charge is 0.252 e. The molecule has 1 amide bonds. The standard InChI is InChI=1S/C15H12Br2ClNO/c16-8-10-1-3-11(4-2-10)9-19-15(20)13-6-5-12(18)7-14(13)17/h1-7H,8-9H2,(H,19,20). The Morgan fingerprint density at radius 3 is 2.35 bits per heavy atom. The lowest BCUT2D eigenvalue weighted by atomic mass is 10.1. The molecule has 0 bridgehead atoms. The van der Waals surface area contributed by atoms with Crippen LogP contribution in [0.15, 0.2) is 46.9 Å². The van der Waals surface area contributed by atoms with Crippen LogP contribution in [0.3, 0.4) is 0 Å². The number of hydrogen-bond donors (Lipinski definition) is 1. The van der Waals surface area contributed by atoms with E-state index in [-0.39, 0.29) is 5.91 Å². The Morgan fingerprint density at radius 1 is 1.10 bits per heavy atom. The quantitative estimate of drug-likeness (QED) is 0.703. The van der Waals surface area contributed by atoms with E-state index in [4.69, 9.17) is 11.6 Å². The van der Waals surface area contributed by atoms with Gasteiger partial charge in [-0.1, -0.05) is 51.8 Å². The Labute approximate surface area is 139 Å². The predicted octanol–water partition coefficient (Wildman–Crippen LogP) is 4.93. The number of amides is 1. The SMILES string of the molecule is O=C(NCc1ccc(CBr)cc1)c1ccc(Cl)cc1Br. The van der Waals surface area contributed by atoms with Crippen molar-refractivity contribution in [1.82, 2.24) is 5.32 Å². The molecule has 2 rings (SSSR count). The van der Waals surface area contributed by atoms with Crippen LogP contribution in [0.2, 0.25) is 5.02 Å². The van der Waals surface area contributed by atoms with E-state index in [1.165, 1.54) is 5.56 Å². The molecule has 0 unspecified atom stereocenters. The maximum Gasteiger partial charge on any atom is 0.252 e. The zero-order valence-electron chi connectivity index (χ0n) is 10.5. The van der Waals surface area contributed by atoms with Gasteiger partial charge in [0.2, 0.25) is 0 Å². The predicted molar refractivity (Wildman–Crippen MR) is 89.4 cm³/mol. The molecule has 20 heavy (non-hydrogen) atoms. The van der Waals surface area contributed by atoms with Gasteiger partial charge in [-0.15, -0.1) is 0 Å². The lowest BCUT2D eigenvalue weighted by molar-refractivity contribution is 0.0950. The van der Waals surface area contributed by atoms with E-state index in [2.05, 4.69) is 37.2 Å². The fourth-order valence-corrected chi connectivity index (χ4v) is 2.93. The van der Waals surface area contributed by atoms with E-state index in [1.807, 2.05) is 24.3 Å². The molecule has 0 saturated heterocycles. The van der Waals surface area contributed by atoms with Gasteiger partial charge in [-0.3, -0.25) is 4.79 Å². The molecule has 2 aromatic rings. The van der Waals surface area contributed by atoms with E-state index in [0.717, 1.165) is 10.9 Å². The summed E-state index contributed by atoms with van der Waals surface area (Å²) in [5, 5.41) is 4.32. The van der Waals surface area contributed by atoms with Gasteiger partial charge in [-0.2, -0.15) is 0 Å².